The van der Waals surface area contributed by atoms with Gasteiger partial charge in [0.1, 0.15) is 0 Å². The Morgan fingerprint density at radius 2 is 2.08 bits per heavy atom. The largest absolute Gasteiger partial charge is 0.481 e. The molecule has 0 aromatic carbocycles. The number of thioether (sulfide) groups is 1. The van der Waals surface area contributed by atoms with Crippen molar-refractivity contribution in [1.29, 1.82) is 0 Å². The molecule has 0 saturated carbocycles. The molecule has 26 heavy (non-hydrogen) atoms. The van der Waals surface area contributed by atoms with Crippen LogP contribution in [0.1, 0.15) is 39.0 Å². The Kier molecular flexibility index (Phi) is 8.75. The van der Waals surface area contributed by atoms with E-state index in [0.29, 0.717) is 24.0 Å². The normalized spacial score (nSPS) is 26.9. The molecule has 0 aromatic heterocycles. The first kappa shape index (κ1) is 21.6. The van der Waals surface area contributed by atoms with Gasteiger partial charge in [-0.05, 0) is 19.8 Å². The Morgan fingerprint density at radius 1 is 1.31 bits per heavy atom. The lowest BCUT2D eigenvalue weighted by Crippen LogP contribution is -2.47. The number of carbonyl (C=O) groups is 3. The molecule has 3 atom stereocenters. The summed E-state index contributed by atoms with van der Waals surface area (Å²) in [4.78, 5) is 33.7. The molecule has 0 radical (unpaired) electrons. The van der Waals surface area contributed by atoms with E-state index < -0.39 is 5.97 Å². The molecule has 0 aromatic rings. The second-order valence-electron chi connectivity index (χ2n) is 6.73. The summed E-state index contributed by atoms with van der Waals surface area (Å²) in [6.45, 7) is 2.70. The lowest BCUT2D eigenvalue weighted by molar-refractivity contribution is -0.136. The summed E-state index contributed by atoms with van der Waals surface area (Å²) in [7, 11) is 3.11. The molecule has 0 aliphatic carbocycles. The number of amides is 3. The third-order valence-corrected chi connectivity index (χ3v) is 8.58. The molecule has 148 valence electrons. The molecule has 0 unspecified atom stereocenters. The minimum Gasteiger partial charge on any atom is -0.481 e. The average Bonchev–Trinajstić information content (AvgIpc) is 3.02. The number of aliphatic carboxylic acids is 1. The monoisotopic (exact) mass is 421 g/mol. The van der Waals surface area contributed by atoms with Crippen LogP contribution in [0.3, 0.4) is 0 Å². The Bertz CT molecular complexity index is 523. The van der Waals surface area contributed by atoms with E-state index in [2.05, 4.69) is 22.9 Å². The highest BCUT2D eigenvalue weighted by atomic mass is 33.1. The van der Waals surface area contributed by atoms with E-state index in [1.54, 1.807) is 10.8 Å². The molecule has 2 aliphatic heterocycles. The third-order valence-electron chi connectivity index (χ3n) is 4.47. The van der Waals surface area contributed by atoms with Gasteiger partial charge in [-0.1, -0.05) is 28.0 Å². The van der Waals surface area contributed by atoms with Crippen LogP contribution in [0.4, 0.5) is 4.79 Å². The number of carboxylic acid groups (broad SMARTS) is 1. The minimum absolute atomic E-state index is 0.0684. The van der Waals surface area contributed by atoms with Crippen LogP contribution in [0.15, 0.2) is 0 Å². The maximum absolute atomic E-state index is 11.8. The number of hydrogen-bond acceptors (Lipinski definition) is 6. The van der Waals surface area contributed by atoms with Crippen LogP contribution in [-0.4, -0.2) is 63.6 Å². The Balaban J connectivity index is 1.47. The highest BCUT2D eigenvalue weighted by Gasteiger charge is 2.51. The van der Waals surface area contributed by atoms with Crippen molar-refractivity contribution in [3.8, 4) is 0 Å². The van der Waals surface area contributed by atoms with Gasteiger partial charge in [-0.15, -0.1) is 0 Å². The maximum atomic E-state index is 11.8. The molecule has 0 spiro atoms. The molecule has 7 nitrogen and oxygen atoms in total. The summed E-state index contributed by atoms with van der Waals surface area (Å²) in [5, 5.41) is 17.9. The van der Waals surface area contributed by atoms with E-state index in [-0.39, 0.29) is 29.9 Å². The van der Waals surface area contributed by atoms with Gasteiger partial charge in [-0.25, -0.2) is 4.79 Å². The number of carboxylic acids is 1. The number of hydrogen-bond donors (Lipinski definition) is 4. The molecule has 10 heteroatoms. The Labute approximate surface area is 166 Å². The van der Waals surface area contributed by atoms with E-state index in [0.717, 1.165) is 30.8 Å². The van der Waals surface area contributed by atoms with Crippen molar-refractivity contribution in [2.24, 2.45) is 0 Å². The zero-order valence-electron chi connectivity index (χ0n) is 14.9. The summed E-state index contributed by atoms with van der Waals surface area (Å²) in [6, 6.07) is 0.116. The van der Waals surface area contributed by atoms with Gasteiger partial charge in [0.25, 0.3) is 0 Å². The molecular weight excluding hydrogens is 394 g/mol. The van der Waals surface area contributed by atoms with Gasteiger partial charge in [0.05, 0.1) is 18.0 Å². The van der Waals surface area contributed by atoms with Gasteiger partial charge >= 0.3 is 12.0 Å². The molecule has 2 fully saturated rings. The van der Waals surface area contributed by atoms with Crippen molar-refractivity contribution < 1.29 is 19.5 Å². The number of urea groups is 1. The summed E-state index contributed by atoms with van der Waals surface area (Å²) >= 11 is 1.90. The van der Waals surface area contributed by atoms with Crippen LogP contribution in [-0.2, 0) is 9.59 Å². The smallest absolute Gasteiger partial charge is 0.315 e. The first-order valence-electron chi connectivity index (χ1n) is 8.84. The number of unbranched alkanes of at least 4 members (excludes halogenated alkanes) is 1. The van der Waals surface area contributed by atoms with E-state index in [1.165, 1.54) is 10.8 Å². The highest BCUT2D eigenvalue weighted by Crippen LogP contribution is 2.39. The summed E-state index contributed by atoms with van der Waals surface area (Å²) in [5.74, 6) is 1.59. The highest BCUT2D eigenvalue weighted by molar-refractivity contribution is 8.76. The molecule has 0 bridgehead atoms. The number of carbonyl (C=O) groups excluding carboxylic acids is 2. The second kappa shape index (κ2) is 10.6. The van der Waals surface area contributed by atoms with Crippen molar-refractivity contribution in [1.82, 2.24) is 16.0 Å². The Morgan fingerprint density at radius 3 is 2.85 bits per heavy atom. The maximum Gasteiger partial charge on any atom is 0.315 e. The predicted molar refractivity (Wildman–Crippen MR) is 109 cm³/mol. The van der Waals surface area contributed by atoms with E-state index >= 15 is 0 Å². The van der Waals surface area contributed by atoms with Gasteiger partial charge in [0.15, 0.2) is 0 Å². The van der Waals surface area contributed by atoms with Crippen molar-refractivity contribution >= 4 is 51.3 Å². The average molecular weight is 422 g/mol. The number of rotatable bonds is 12. The summed E-state index contributed by atoms with van der Waals surface area (Å²) in [5.41, 5.74) is -0.135. The third kappa shape index (κ3) is 6.77. The minimum atomic E-state index is -0.779. The quantitative estimate of drug-likeness (QED) is 0.217. The lowest BCUT2D eigenvalue weighted by atomic mass is 9.92. The fourth-order valence-electron chi connectivity index (χ4n) is 3.13. The fourth-order valence-corrected chi connectivity index (χ4v) is 6.72. The van der Waals surface area contributed by atoms with Gasteiger partial charge in [-0.3, -0.25) is 9.59 Å². The lowest BCUT2D eigenvalue weighted by Gasteiger charge is -2.23. The summed E-state index contributed by atoms with van der Waals surface area (Å²) in [6.07, 6.45) is 3.54. The van der Waals surface area contributed by atoms with Crippen LogP contribution in [0.25, 0.3) is 0 Å². The first-order valence-corrected chi connectivity index (χ1v) is 12.4. The van der Waals surface area contributed by atoms with Crippen molar-refractivity contribution in [2.75, 3.05) is 23.8 Å². The van der Waals surface area contributed by atoms with E-state index in [1.807, 2.05) is 11.8 Å². The number of nitrogens with one attached hydrogen (secondary N) is 3. The summed E-state index contributed by atoms with van der Waals surface area (Å²) < 4.78 is 0. The zero-order chi connectivity index (χ0) is 19.0. The molecular formula is C16H27N3O4S3. The fraction of sp³-hybridized carbons (Fsp3) is 0.812. The number of fused-ring (bicyclic) bond motifs is 1. The van der Waals surface area contributed by atoms with Crippen molar-refractivity contribution in [3.63, 3.8) is 0 Å². The standard InChI is InChI=1S/C16H27N3O4S3/c1-16-10-24-11(14(16)18-15(23)19-16)4-2-3-5-12(20)17-7-9-26-25-8-6-13(21)22/h11,14H,2-10H2,1H3,(H,17,20)(H,21,22)(H2,18,19,23)/t11-,14+,16-/m0/s1. The molecule has 3 amide bonds. The van der Waals surface area contributed by atoms with Gasteiger partial charge in [0, 0.05) is 35.5 Å². The van der Waals surface area contributed by atoms with E-state index in [9.17, 15) is 14.4 Å². The topological polar surface area (TPSA) is 108 Å². The molecule has 2 aliphatic rings. The van der Waals surface area contributed by atoms with Crippen LogP contribution in [0.5, 0.6) is 0 Å². The van der Waals surface area contributed by atoms with Crippen molar-refractivity contribution in [3.05, 3.63) is 0 Å². The van der Waals surface area contributed by atoms with Crippen LogP contribution in [0.2, 0.25) is 0 Å². The molecule has 4 N–H and O–H groups in total. The van der Waals surface area contributed by atoms with Gasteiger partial charge < -0.3 is 21.1 Å². The molecule has 2 saturated heterocycles. The van der Waals surface area contributed by atoms with Crippen LogP contribution < -0.4 is 16.0 Å². The SMILES string of the molecule is C[C@]12CS[C@@H](CCCCC(=O)NCCSSCCC(=O)O)[C@H]1NC(=O)N2. The molecule has 2 rings (SSSR count). The van der Waals surface area contributed by atoms with Gasteiger partial charge in [0.2, 0.25) is 5.91 Å². The van der Waals surface area contributed by atoms with E-state index in [4.69, 9.17) is 5.11 Å². The van der Waals surface area contributed by atoms with Crippen LogP contribution in [0, 0.1) is 0 Å². The Hall–Kier alpha value is -0.740. The van der Waals surface area contributed by atoms with Crippen molar-refractivity contribution in [2.45, 2.75) is 55.9 Å². The predicted octanol–water partition coefficient (Wildman–Crippen LogP) is 2.07. The molecule has 2 heterocycles. The zero-order valence-corrected chi connectivity index (χ0v) is 17.4. The van der Waals surface area contributed by atoms with Crippen LogP contribution >= 0.6 is 33.3 Å². The second-order valence-corrected chi connectivity index (χ2v) is 10.7. The first-order chi connectivity index (χ1) is 12.4. The van der Waals surface area contributed by atoms with Gasteiger partial charge in [-0.2, -0.15) is 11.8 Å².